The number of nitrogens with two attached hydrogens (primary N) is 1. The van der Waals surface area contributed by atoms with E-state index in [9.17, 15) is 0 Å². The third-order valence-electron chi connectivity index (χ3n) is 1.51. The summed E-state index contributed by atoms with van der Waals surface area (Å²) in [5.74, 6) is 5.13. The first-order valence-electron chi connectivity index (χ1n) is 3.29. The first kappa shape index (κ1) is 7.25. The molecule has 0 saturated carbocycles. The van der Waals surface area contributed by atoms with E-state index in [1.54, 1.807) is 0 Å². The van der Waals surface area contributed by atoms with Gasteiger partial charge < -0.3 is 11.3 Å². The standard InChI is InChI=1S/C8H11N2/c1-7(10-9)8-5-3-2-4-6-8/h2-7H,9H2,1H3/q-1/t7-/m1/s1. The fourth-order valence-electron chi connectivity index (χ4n) is 0.818. The second kappa shape index (κ2) is 3.34. The molecule has 1 aromatic rings. The van der Waals surface area contributed by atoms with Crippen molar-refractivity contribution in [1.29, 1.82) is 0 Å². The van der Waals surface area contributed by atoms with Crippen LogP contribution in [-0.4, -0.2) is 0 Å². The van der Waals surface area contributed by atoms with Crippen LogP contribution in [0.3, 0.4) is 0 Å². The molecule has 0 aliphatic heterocycles. The highest BCUT2D eigenvalue weighted by Crippen LogP contribution is 2.16. The van der Waals surface area contributed by atoms with E-state index in [0.717, 1.165) is 5.56 Å². The normalized spacial score (nSPS) is 13.0. The zero-order valence-electron chi connectivity index (χ0n) is 5.99. The van der Waals surface area contributed by atoms with Gasteiger partial charge in [-0.15, -0.1) is 6.04 Å². The molecular weight excluding hydrogens is 124 g/mol. The SMILES string of the molecule is C[C@@H]([N-]N)c1ccccc1. The maximum absolute atomic E-state index is 5.13. The van der Waals surface area contributed by atoms with Crippen LogP contribution in [-0.2, 0) is 0 Å². The fourth-order valence-corrected chi connectivity index (χ4v) is 0.818. The molecule has 0 unspecified atom stereocenters. The Morgan fingerprint density at radius 1 is 1.30 bits per heavy atom. The zero-order valence-corrected chi connectivity index (χ0v) is 5.99. The molecule has 1 atom stereocenters. The lowest BCUT2D eigenvalue weighted by molar-refractivity contribution is 0.888. The maximum Gasteiger partial charge on any atom is -0.0605 e. The third-order valence-corrected chi connectivity index (χ3v) is 1.51. The average molecular weight is 135 g/mol. The Hall–Kier alpha value is -0.860. The Labute approximate surface area is 61.0 Å². The van der Waals surface area contributed by atoms with E-state index in [-0.39, 0.29) is 6.04 Å². The van der Waals surface area contributed by atoms with Crippen molar-refractivity contribution in [2.75, 3.05) is 0 Å². The number of hydrogen-bond donors (Lipinski definition) is 1. The van der Waals surface area contributed by atoms with Gasteiger partial charge in [-0.25, -0.2) is 0 Å². The first-order chi connectivity index (χ1) is 4.84. The molecule has 0 spiro atoms. The topological polar surface area (TPSA) is 40.1 Å². The van der Waals surface area contributed by atoms with Gasteiger partial charge in [0.1, 0.15) is 0 Å². The van der Waals surface area contributed by atoms with Crippen molar-refractivity contribution in [2.24, 2.45) is 5.84 Å². The summed E-state index contributed by atoms with van der Waals surface area (Å²) in [5.41, 5.74) is 4.82. The van der Waals surface area contributed by atoms with Crippen LogP contribution in [0.5, 0.6) is 0 Å². The predicted molar refractivity (Wildman–Crippen MR) is 42.4 cm³/mol. The minimum Gasteiger partial charge on any atom is -0.594 e. The lowest BCUT2D eigenvalue weighted by atomic mass is 10.1. The molecule has 0 heterocycles. The molecule has 0 saturated heterocycles. The number of nitrogens with zero attached hydrogens (tertiary/aromatic N) is 1. The van der Waals surface area contributed by atoms with E-state index in [1.165, 1.54) is 0 Å². The maximum atomic E-state index is 5.13. The summed E-state index contributed by atoms with van der Waals surface area (Å²) >= 11 is 0. The van der Waals surface area contributed by atoms with Gasteiger partial charge in [0.05, 0.1) is 0 Å². The van der Waals surface area contributed by atoms with E-state index in [2.05, 4.69) is 5.43 Å². The highest BCUT2D eigenvalue weighted by Gasteiger charge is 1.89. The lowest BCUT2D eigenvalue weighted by Gasteiger charge is -2.22. The van der Waals surface area contributed by atoms with Crippen molar-refractivity contribution in [2.45, 2.75) is 13.0 Å². The van der Waals surface area contributed by atoms with Gasteiger partial charge in [0, 0.05) is 0 Å². The van der Waals surface area contributed by atoms with E-state index in [4.69, 9.17) is 5.84 Å². The van der Waals surface area contributed by atoms with Gasteiger partial charge in [-0.3, -0.25) is 0 Å². The molecule has 1 aromatic carbocycles. The van der Waals surface area contributed by atoms with E-state index in [1.807, 2.05) is 37.3 Å². The molecule has 2 nitrogen and oxygen atoms in total. The fraction of sp³-hybridized carbons (Fsp3) is 0.250. The minimum atomic E-state index is 0.112. The van der Waals surface area contributed by atoms with Crippen LogP contribution in [0.2, 0.25) is 0 Å². The molecule has 2 N–H and O–H groups in total. The van der Waals surface area contributed by atoms with Gasteiger partial charge in [-0.2, -0.15) is 0 Å². The second-order valence-electron chi connectivity index (χ2n) is 2.24. The summed E-state index contributed by atoms with van der Waals surface area (Å²) in [6.45, 7) is 1.97. The molecule has 0 aromatic heterocycles. The Morgan fingerprint density at radius 2 is 1.90 bits per heavy atom. The summed E-state index contributed by atoms with van der Waals surface area (Å²) in [5, 5.41) is 0. The Morgan fingerprint density at radius 3 is 2.40 bits per heavy atom. The van der Waals surface area contributed by atoms with Gasteiger partial charge in [-0.05, 0) is 0 Å². The predicted octanol–water partition coefficient (Wildman–Crippen LogP) is 2.00. The Bertz CT molecular complexity index is 184. The largest absolute Gasteiger partial charge is 0.594 e. The van der Waals surface area contributed by atoms with E-state index in [0.29, 0.717) is 0 Å². The molecule has 54 valence electrons. The second-order valence-corrected chi connectivity index (χ2v) is 2.24. The van der Waals surface area contributed by atoms with Gasteiger partial charge in [-0.1, -0.05) is 42.8 Å². The highest BCUT2D eigenvalue weighted by molar-refractivity contribution is 5.21. The number of rotatable bonds is 2. The van der Waals surface area contributed by atoms with E-state index >= 15 is 0 Å². The van der Waals surface area contributed by atoms with Gasteiger partial charge in [0.25, 0.3) is 0 Å². The Kier molecular flexibility index (Phi) is 2.42. The van der Waals surface area contributed by atoms with Crippen LogP contribution < -0.4 is 5.84 Å². The highest BCUT2D eigenvalue weighted by atomic mass is 15.2. The third kappa shape index (κ3) is 1.56. The minimum absolute atomic E-state index is 0.112. The monoisotopic (exact) mass is 135 g/mol. The molecule has 0 bridgehead atoms. The summed E-state index contributed by atoms with van der Waals surface area (Å²) in [7, 11) is 0. The van der Waals surface area contributed by atoms with Crippen molar-refractivity contribution < 1.29 is 0 Å². The summed E-state index contributed by atoms with van der Waals surface area (Å²) in [6.07, 6.45) is 0. The van der Waals surface area contributed by atoms with Crippen LogP contribution in [0.1, 0.15) is 18.5 Å². The molecule has 10 heavy (non-hydrogen) atoms. The van der Waals surface area contributed by atoms with Crippen molar-refractivity contribution in [3.05, 3.63) is 41.3 Å². The summed E-state index contributed by atoms with van der Waals surface area (Å²) in [6, 6.07) is 10.1. The van der Waals surface area contributed by atoms with Crippen LogP contribution in [0.4, 0.5) is 0 Å². The van der Waals surface area contributed by atoms with Crippen molar-refractivity contribution >= 4 is 0 Å². The molecule has 0 aliphatic rings. The number of benzene rings is 1. The van der Waals surface area contributed by atoms with Crippen LogP contribution in [0, 0.1) is 0 Å². The van der Waals surface area contributed by atoms with Crippen molar-refractivity contribution in [3.63, 3.8) is 0 Å². The molecule has 1 rings (SSSR count). The molecule has 0 amide bonds. The molecule has 0 radical (unpaired) electrons. The average Bonchev–Trinajstić information content (AvgIpc) is 2.05. The quantitative estimate of drug-likeness (QED) is 0.489. The summed E-state index contributed by atoms with van der Waals surface area (Å²) in [4.78, 5) is 0. The summed E-state index contributed by atoms with van der Waals surface area (Å²) < 4.78 is 0. The van der Waals surface area contributed by atoms with E-state index < -0.39 is 0 Å². The van der Waals surface area contributed by atoms with Crippen molar-refractivity contribution in [1.82, 2.24) is 0 Å². The molecule has 2 heteroatoms. The number of hydrogen-bond acceptors (Lipinski definition) is 1. The smallest absolute Gasteiger partial charge is 0.0605 e. The van der Waals surface area contributed by atoms with Crippen molar-refractivity contribution in [3.8, 4) is 0 Å². The van der Waals surface area contributed by atoms with Gasteiger partial charge >= 0.3 is 0 Å². The molecule has 0 aliphatic carbocycles. The van der Waals surface area contributed by atoms with Gasteiger partial charge in [0.2, 0.25) is 0 Å². The molecule has 0 fully saturated rings. The first-order valence-corrected chi connectivity index (χ1v) is 3.29. The lowest BCUT2D eigenvalue weighted by Crippen LogP contribution is -1.96. The van der Waals surface area contributed by atoms with Crippen LogP contribution >= 0.6 is 0 Å². The van der Waals surface area contributed by atoms with Crippen LogP contribution in [0.15, 0.2) is 30.3 Å². The van der Waals surface area contributed by atoms with Gasteiger partial charge in [0.15, 0.2) is 0 Å². The zero-order chi connectivity index (χ0) is 7.40. The molecular formula is C8H11N2-. The van der Waals surface area contributed by atoms with Crippen LogP contribution in [0.25, 0.3) is 5.43 Å². The Balaban J connectivity index is 2.75.